The molecule has 0 fully saturated rings. The Balaban J connectivity index is 1.56. The van der Waals surface area contributed by atoms with Crippen LogP contribution in [0, 0.1) is 0 Å². The number of halogens is 1. The summed E-state index contributed by atoms with van der Waals surface area (Å²) in [5.41, 5.74) is 1.75. The highest BCUT2D eigenvalue weighted by Crippen LogP contribution is 2.24. The predicted octanol–water partition coefficient (Wildman–Crippen LogP) is 3.17. The summed E-state index contributed by atoms with van der Waals surface area (Å²) < 4.78 is 12.2. The van der Waals surface area contributed by atoms with E-state index < -0.39 is 5.97 Å². The van der Waals surface area contributed by atoms with Crippen molar-refractivity contribution in [3.8, 4) is 11.5 Å². The van der Waals surface area contributed by atoms with Crippen molar-refractivity contribution < 1.29 is 19.4 Å². The highest BCUT2D eigenvalue weighted by atomic mass is 35.5. The number of nitrogens with zero attached hydrogens (tertiary/aromatic N) is 4. The number of hydrogen-bond acceptors (Lipinski definition) is 6. The minimum atomic E-state index is -1.17. The fourth-order valence-corrected chi connectivity index (χ4v) is 2.63. The second kappa shape index (κ2) is 9.01. The summed E-state index contributed by atoms with van der Waals surface area (Å²) in [6.45, 7) is 0.631. The van der Waals surface area contributed by atoms with E-state index in [-0.39, 0.29) is 12.4 Å². The molecule has 0 radical (unpaired) electrons. The average Bonchev–Trinajstić information content (AvgIpc) is 3.15. The molecule has 1 aromatic heterocycles. The maximum atomic E-state index is 11.0. The van der Waals surface area contributed by atoms with Crippen LogP contribution in [0.3, 0.4) is 0 Å². The van der Waals surface area contributed by atoms with E-state index >= 15 is 0 Å². The summed E-state index contributed by atoms with van der Waals surface area (Å²) in [7, 11) is 1.59. The van der Waals surface area contributed by atoms with Gasteiger partial charge in [0.05, 0.1) is 13.7 Å². The first-order valence-corrected chi connectivity index (χ1v) is 8.66. The molecule has 1 heterocycles. The van der Waals surface area contributed by atoms with Gasteiger partial charge in [0, 0.05) is 10.6 Å². The van der Waals surface area contributed by atoms with Crippen molar-refractivity contribution in [1.29, 1.82) is 0 Å². The van der Waals surface area contributed by atoms with E-state index in [2.05, 4.69) is 15.5 Å². The second-order valence-corrected chi connectivity index (χ2v) is 6.15. The topological polar surface area (TPSA) is 99.4 Å². The van der Waals surface area contributed by atoms with E-state index in [0.717, 1.165) is 11.1 Å². The molecular weight excluding hydrogens is 384 g/mol. The molecule has 0 saturated carbocycles. The zero-order valence-corrected chi connectivity index (χ0v) is 15.7. The molecule has 0 bridgehead atoms. The van der Waals surface area contributed by atoms with E-state index in [1.54, 1.807) is 31.4 Å². The maximum absolute atomic E-state index is 11.0. The SMILES string of the molecule is COc1cc(Cl)ccc1/C=C/COc1ccc(Cn2nnnc2C(=O)O)cc1. The lowest BCUT2D eigenvalue weighted by Crippen LogP contribution is -2.12. The lowest BCUT2D eigenvalue weighted by molar-refractivity contribution is 0.0677. The Labute approximate surface area is 166 Å². The molecule has 9 heteroatoms. The molecule has 0 amide bonds. The lowest BCUT2D eigenvalue weighted by atomic mass is 10.2. The molecule has 0 aliphatic heterocycles. The van der Waals surface area contributed by atoms with E-state index in [1.807, 2.05) is 30.4 Å². The number of methoxy groups -OCH3 is 1. The molecule has 0 aliphatic rings. The van der Waals surface area contributed by atoms with E-state index in [0.29, 0.717) is 23.1 Å². The monoisotopic (exact) mass is 400 g/mol. The molecule has 0 atom stereocenters. The first kappa shape index (κ1) is 19.4. The smallest absolute Gasteiger partial charge is 0.375 e. The van der Waals surface area contributed by atoms with Crippen molar-refractivity contribution in [2.75, 3.05) is 13.7 Å². The molecule has 0 unspecified atom stereocenters. The molecule has 28 heavy (non-hydrogen) atoms. The number of carbonyl (C=O) groups is 1. The van der Waals surface area contributed by atoms with E-state index in [4.69, 9.17) is 26.2 Å². The number of ether oxygens (including phenoxy) is 2. The van der Waals surface area contributed by atoms with E-state index in [1.165, 1.54) is 4.68 Å². The van der Waals surface area contributed by atoms with Gasteiger partial charge in [-0.1, -0.05) is 29.8 Å². The van der Waals surface area contributed by atoms with Crippen LogP contribution in [0.1, 0.15) is 21.7 Å². The molecule has 3 rings (SSSR count). The minimum absolute atomic E-state index is 0.205. The van der Waals surface area contributed by atoms with Crippen LogP contribution >= 0.6 is 11.6 Å². The van der Waals surface area contributed by atoms with Crippen LogP contribution in [0.2, 0.25) is 5.02 Å². The average molecular weight is 401 g/mol. The minimum Gasteiger partial charge on any atom is -0.496 e. The van der Waals surface area contributed by atoms with Crippen molar-refractivity contribution in [1.82, 2.24) is 20.2 Å². The number of hydrogen-bond donors (Lipinski definition) is 1. The summed E-state index contributed by atoms with van der Waals surface area (Å²) in [6, 6.07) is 12.7. The number of benzene rings is 2. The Kier molecular flexibility index (Phi) is 6.23. The number of carboxylic acids is 1. The number of carboxylic acid groups (broad SMARTS) is 1. The molecule has 144 valence electrons. The van der Waals surface area contributed by atoms with Crippen molar-refractivity contribution in [3.05, 3.63) is 70.5 Å². The molecule has 3 aromatic rings. The van der Waals surface area contributed by atoms with Gasteiger partial charge in [-0.25, -0.2) is 9.48 Å². The summed E-state index contributed by atoms with van der Waals surface area (Å²) >= 11 is 5.95. The number of rotatable bonds is 8. The predicted molar refractivity (Wildman–Crippen MR) is 103 cm³/mol. The Morgan fingerprint density at radius 1 is 1.25 bits per heavy atom. The highest BCUT2D eigenvalue weighted by molar-refractivity contribution is 6.30. The fraction of sp³-hybridized carbons (Fsp3) is 0.158. The third-order valence-electron chi connectivity index (χ3n) is 3.82. The van der Waals surface area contributed by atoms with Crippen LogP contribution in [-0.2, 0) is 6.54 Å². The van der Waals surface area contributed by atoms with Gasteiger partial charge >= 0.3 is 5.97 Å². The summed E-state index contributed by atoms with van der Waals surface area (Å²) in [6.07, 6.45) is 3.77. The number of aromatic carboxylic acids is 1. The summed E-state index contributed by atoms with van der Waals surface area (Å²) in [5.74, 6) is 0.000212. The van der Waals surface area contributed by atoms with Gasteiger partial charge in [-0.05, 0) is 52.4 Å². The van der Waals surface area contributed by atoms with Crippen molar-refractivity contribution in [3.63, 3.8) is 0 Å². The van der Waals surface area contributed by atoms with Gasteiger partial charge in [0.1, 0.15) is 18.1 Å². The Bertz CT molecular complexity index is 986. The zero-order valence-electron chi connectivity index (χ0n) is 14.9. The second-order valence-electron chi connectivity index (χ2n) is 5.71. The van der Waals surface area contributed by atoms with Gasteiger partial charge in [-0.3, -0.25) is 0 Å². The van der Waals surface area contributed by atoms with E-state index in [9.17, 15) is 4.79 Å². The van der Waals surface area contributed by atoms with Gasteiger partial charge < -0.3 is 14.6 Å². The van der Waals surface area contributed by atoms with Crippen LogP contribution in [0.15, 0.2) is 48.5 Å². The van der Waals surface area contributed by atoms with Crippen LogP contribution in [-0.4, -0.2) is 45.0 Å². The van der Waals surface area contributed by atoms with Gasteiger partial charge in [0.2, 0.25) is 0 Å². The van der Waals surface area contributed by atoms with Crippen molar-refractivity contribution >= 4 is 23.6 Å². The fourth-order valence-electron chi connectivity index (χ4n) is 2.47. The molecule has 2 aromatic carbocycles. The Morgan fingerprint density at radius 2 is 2.04 bits per heavy atom. The van der Waals surface area contributed by atoms with Crippen molar-refractivity contribution in [2.45, 2.75) is 6.54 Å². The number of tetrazole rings is 1. The van der Waals surface area contributed by atoms with Crippen LogP contribution in [0.5, 0.6) is 11.5 Å². The maximum Gasteiger partial charge on any atom is 0.375 e. The van der Waals surface area contributed by atoms with Gasteiger partial charge in [-0.15, -0.1) is 5.10 Å². The third kappa shape index (κ3) is 4.86. The quantitative estimate of drug-likeness (QED) is 0.619. The number of aromatic nitrogens is 4. The molecule has 8 nitrogen and oxygen atoms in total. The van der Waals surface area contributed by atoms with Gasteiger partial charge in [0.25, 0.3) is 5.82 Å². The van der Waals surface area contributed by atoms with Gasteiger partial charge in [-0.2, -0.15) is 0 Å². The van der Waals surface area contributed by atoms with Crippen molar-refractivity contribution in [2.24, 2.45) is 0 Å². The standard InChI is InChI=1S/C19H17ClN4O4/c1-27-17-11-15(20)7-6-14(17)3-2-10-28-16-8-4-13(5-9-16)12-24-18(19(25)26)21-22-23-24/h2-9,11H,10,12H2,1H3,(H,25,26)/b3-2+. The first-order chi connectivity index (χ1) is 13.6. The summed E-state index contributed by atoms with van der Waals surface area (Å²) in [5, 5.41) is 20.2. The normalized spacial score (nSPS) is 10.9. The molecule has 0 saturated heterocycles. The van der Waals surface area contributed by atoms with Crippen LogP contribution in [0.25, 0.3) is 6.08 Å². The molecular formula is C19H17ClN4O4. The third-order valence-corrected chi connectivity index (χ3v) is 4.05. The molecule has 0 spiro atoms. The zero-order chi connectivity index (χ0) is 19.9. The first-order valence-electron chi connectivity index (χ1n) is 8.28. The van der Waals surface area contributed by atoms with Crippen LogP contribution < -0.4 is 9.47 Å². The molecule has 0 aliphatic carbocycles. The van der Waals surface area contributed by atoms with Gasteiger partial charge in [0.15, 0.2) is 0 Å². The Morgan fingerprint density at radius 3 is 2.75 bits per heavy atom. The highest BCUT2D eigenvalue weighted by Gasteiger charge is 2.13. The summed E-state index contributed by atoms with van der Waals surface area (Å²) in [4.78, 5) is 11.0. The lowest BCUT2D eigenvalue weighted by Gasteiger charge is -2.07. The molecule has 1 N–H and O–H groups in total. The largest absolute Gasteiger partial charge is 0.496 e. The van der Waals surface area contributed by atoms with Crippen LogP contribution in [0.4, 0.5) is 0 Å². The Hall–Kier alpha value is -3.39.